The minimum absolute atomic E-state index is 0.508. The van der Waals surface area contributed by atoms with E-state index in [2.05, 4.69) is 188 Å². The van der Waals surface area contributed by atoms with Gasteiger partial charge in [-0.15, -0.1) is 0 Å². The van der Waals surface area contributed by atoms with E-state index in [0.29, 0.717) is 5.82 Å². The molecule has 0 amide bonds. The first-order valence-electron chi connectivity index (χ1n) is 17.5. The molecule has 2 heteroatoms. The van der Waals surface area contributed by atoms with Crippen LogP contribution in [0.2, 0.25) is 0 Å². The molecule has 7 aromatic carbocycles. The average Bonchev–Trinajstić information content (AvgIpc) is 3.41. The summed E-state index contributed by atoms with van der Waals surface area (Å²) in [5.41, 5.74) is 16.9. The van der Waals surface area contributed by atoms with Gasteiger partial charge in [-0.3, -0.25) is 0 Å². The highest BCUT2D eigenvalue weighted by Crippen LogP contribution is 2.58. The third kappa shape index (κ3) is 4.65. The van der Waals surface area contributed by atoms with E-state index >= 15 is 0 Å². The number of nitrogens with zero attached hydrogens (tertiary/aromatic N) is 2. The van der Waals surface area contributed by atoms with Gasteiger partial charge in [0.25, 0.3) is 0 Å². The molecule has 0 atom stereocenters. The minimum atomic E-state index is -0.508. The van der Waals surface area contributed by atoms with Crippen molar-refractivity contribution in [2.24, 2.45) is 0 Å². The second kappa shape index (κ2) is 11.8. The molecule has 8 aromatic rings. The second-order valence-corrected chi connectivity index (χ2v) is 13.3. The largest absolute Gasteiger partial charge is 0.228 e. The Kier molecular flexibility index (Phi) is 6.75. The summed E-state index contributed by atoms with van der Waals surface area (Å²) in [7, 11) is 0. The number of hydrogen-bond donors (Lipinski definition) is 0. The van der Waals surface area contributed by atoms with Crippen LogP contribution in [-0.2, 0) is 5.41 Å². The molecule has 0 N–H and O–H groups in total. The smallest absolute Gasteiger partial charge is 0.160 e. The number of aromatic nitrogens is 2. The lowest BCUT2D eigenvalue weighted by molar-refractivity contribution is 0.766. The quantitative estimate of drug-likeness (QED) is 0.190. The highest BCUT2D eigenvalue weighted by Gasteiger charge is 2.48. The molecule has 0 unspecified atom stereocenters. The van der Waals surface area contributed by atoms with Crippen LogP contribution in [0.5, 0.6) is 0 Å². The molecule has 2 aliphatic carbocycles. The third-order valence-electron chi connectivity index (χ3n) is 10.6. The summed E-state index contributed by atoms with van der Waals surface area (Å²) in [4.78, 5) is 10.6. The monoisotopic (exact) mass is 648 g/mol. The zero-order chi connectivity index (χ0) is 33.8. The molecule has 0 aliphatic heterocycles. The van der Waals surface area contributed by atoms with Crippen molar-refractivity contribution in [1.82, 2.24) is 9.97 Å². The maximum atomic E-state index is 5.29. The van der Waals surface area contributed by atoms with E-state index in [0.717, 1.165) is 28.1 Å². The predicted molar refractivity (Wildman–Crippen MR) is 210 cm³/mol. The molecule has 51 heavy (non-hydrogen) atoms. The van der Waals surface area contributed by atoms with Gasteiger partial charge in [0.2, 0.25) is 0 Å². The highest BCUT2D eigenvalue weighted by atomic mass is 14.9. The molecule has 238 valence electrons. The van der Waals surface area contributed by atoms with Gasteiger partial charge in [0.15, 0.2) is 5.82 Å². The lowest BCUT2D eigenvalue weighted by Crippen LogP contribution is -2.30. The molecule has 1 aromatic heterocycles. The standard InChI is InChI=1S/C49H32N2/c1-3-13-33(14-4-1)34-23-27-38(28-24-34)47-32-46(37-17-5-2-6-18-37)50-48(51-47)39-29-30-41-40-19-9-12-22-44(40)49(45(41)31-39)42-20-10-7-15-35(42)25-26-36-16-8-11-21-43(36)49/h1-32H. The normalized spacial score (nSPS) is 13.2. The van der Waals surface area contributed by atoms with Gasteiger partial charge in [0.1, 0.15) is 0 Å². The van der Waals surface area contributed by atoms with Gasteiger partial charge in [-0.05, 0) is 67.8 Å². The molecule has 0 saturated heterocycles. The van der Waals surface area contributed by atoms with Crippen LogP contribution in [-0.4, -0.2) is 9.97 Å². The molecule has 10 rings (SSSR count). The minimum Gasteiger partial charge on any atom is -0.228 e. The zero-order valence-corrected chi connectivity index (χ0v) is 27.9. The molecule has 0 bridgehead atoms. The predicted octanol–water partition coefficient (Wildman–Crippen LogP) is 12.0. The van der Waals surface area contributed by atoms with Crippen LogP contribution in [0.3, 0.4) is 0 Å². The Morgan fingerprint density at radius 2 is 0.765 bits per heavy atom. The van der Waals surface area contributed by atoms with E-state index in [1.807, 2.05) is 6.07 Å². The van der Waals surface area contributed by atoms with Crippen LogP contribution < -0.4 is 0 Å². The van der Waals surface area contributed by atoms with E-state index in [9.17, 15) is 0 Å². The topological polar surface area (TPSA) is 25.8 Å². The Bertz CT molecular complexity index is 2570. The third-order valence-corrected chi connectivity index (χ3v) is 10.6. The first-order chi connectivity index (χ1) is 25.3. The van der Waals surface area contributed by atoms with E-state index in [1.54, 1.807) is 0 Å². The van der Waals surface area contributed by atoms with Crippen molar-refractivity contribution in [1.29, 1.82) is 0 Å². The molecular weight excluding hydrogens is 617 g/mol. The summed E-state index contributed by atoms with van der Waals surface area (Å²) in [5, 5.41) is 0. The lowest BCUT2D eigenvalue weighted by atomic mass is 9.66. The van der Waals surface area contributed by atoms with E-state index in [4.69, 9.17) is 9.97 Å². The molecule has 2 aliphatic rings. The average molecular weight is 649 g/mol. The van der Waals surface area contributed by atoms with Gasteiger partial charge in [0, 0.05) is 16.7 Å². The fourth-order valence-electron chi connectivity index (χ4n) is 8.24. The number of rotatable bonds is 4. The Labute approximate surface area is 298 Å². The van der Waals surface area contributed by atoms with Crippen molar-refractivity contribution in [2.75, 3.05) is 0 Å². The summed E-state index contributed by atoms with van der Waals surface area (Å²) in [6, 6.07) is 65.2. The van der Waals surface area contributed by atoms with Crippen molar-refractivity contribution in [3.8, 4) is 56.2 Å². The number of fused-ring (bicyclic) bond motifs is 9. The van der Waals surface area contributed by atoms with Crippen LogP contribution in [0.1, 0.15) is 33.4 Å². The van der Waals surface area contributed by atoms with Crippen LogP contribution in [0.15, 0.2) is 182 Å². The summed E-state index contributed by atoms with van der Waals surface area (Å²) < 4.78 is 0. The Hall–Kier alpha value is -6.64. The molecular formula is C49H32N2. The highest BCUT2D eigenvalue weighted by molar-refractivity contribution is 5.92. The lowest BCUT2D eigenvalue weighted by Gasteiger charge is -2.35. The van der Waals surface area contributed by atoms with Gasteiger partial charge in [-0.2, -0.15) is 0 Å². The molecule has 1 heterocycles. The fourth-order valence-corrected chi connectivity index (χ4v) is 8.24. The zero-order valence-electron chi connectivity index (χ0n) is 27.9. The fraction of sp³-hybridized carbons (Fsp3) is 0.0204. The van der Waals surface area contributed by atoms with Crippen LogP contribution in [0.4, 0.5) is 0 Å². The second-order valence-electron chi connectivity index (χ2n) is 13.3. The maximum absolute atomic E-state index is 5.29. The van der Waals surface area contributed by atoms with Crippen LogP contribution in [0, 0.1) is 0 Å². The SMILES string of the molecule is C1=Cc2ccccc2C2(c3ccccc31)c1ccccc1-c1ccc(-c3nc(-c4ccccc4)cc(-c4ccc(-c5ccccc5)cc4)n3)cc12. The van der Waals surface area contributed by atoms with Crippen molar-refractivity contribution in [3.63, 3.8) is 0 Å². The van der Waals surface area contributed by atoms with Gasteiger partial charge >= 0.3 is 0 Å². The van der Waals surface area contributed by atoms with Gasteiger partial charge in [-0.1, -0.05) is 182 Å². The summed E-state index contributed by atoms with van der Waals surface area (Å²) in [6.45, 7) is 0. The van der Waals surface area contributed by atoms with Crippen molar-refractivity contribution >= 4 is 12.2 Å². The van der Waals surface area contributed by atoms with Gasteiger partial charge < -0.3 is 0 Å². The van der Waals surface area contributed by atoms with Gasteiger partial charge in [-0.25, -0.2) is 9.97 Å². The molecule has 1 spiro atoms. The molecule has 2 nitrogen and oxygen atoms in total. The summed E-state index contributed by atoms with van der Waals surface area (Å²) >= 11 is 0. The first-order valence-corrected chi connectivity index (χ1v) is 17.5. The van der Waals surface area contributed by atoms with Crippen LogP contribution >= 0.6 is 0 Å². The van der Waals surface area contributed by atoms with Crippen molar-refractivity contribution < 1.29 is 0 Å². The Balaban J connectivity index is 1.20. The molecule has 0 saturated carbocycles. The Morgan fingerprint density at radius 3 is 1.41 bits per heavy atom. The van der Waals surface area contributed by atoms with E-state index in [-0.39, 0.29) is 0 Å². The van der Waals surface area contributed by atoms with Gasteiger partial charge in [0.05, 0.1) is 16.8 Å². The Morgan fingerprint density at radius 1 is 0.314 bits per heavy atom. The summed E-state index contributed by atoms with van der Waals surface area (Å²) in [5.74, 6) is 0.709. The molecule has 0 radical (unpaired) electrons. The van der Waals surface area contributed by atoms with E-state index < -0.39 is 5.41 Å². The van der Waals surface area contributed by atoms with Crippen molar-refractivity contribution in [2.45, 2.75) is 5.41 Å². The molecule has 0 fully saturated rings. The number of benzene rings is 7. The van der Waals surface area contributed by atoms with Crippen molar-refractivity contribution in [3.05, 3.63) is 215 Å². The van der Waals surface area contributed by atoms with Crippen LogP contribution in [0.25, 0.3) is 68.3 Å². The summed E-state index contributed by atoms with van der Waals surface area (Å²) in [6.07, 6.45) is 4.55. The number of hydrogen-bond acceptors (Lipinski definition) is 2. The first kappa shape index (κ1) is 29.3. The maximum Gasteiger partial charge on any atom is 0.160 e. The van der Waals surface area contributed by atoms with E-state index in [1.165, 1.54) is 55.6 Å².